The lowest BCUT2D eigenvalue weighted by molar-refractivity contribution is -0.177. The molecule has 3 heterocycles. The third kappa shape index (κ3) is 8.20. The number of imidazole rings is 1. The van der Waals surface area contributed by atoms with Crippen molar-refractivity contribution >= 4 is 23.7 Å². The van der Waals surface area contributed by atoms with Crippen LogP contribution in [0.15, 0.2) is 18.5 Å². The number of imide groups is 1. The second-order valence-corrected chi connectivity index (χ2v) is 14.3. The van der Waals surface area contributed by atoms with Crippen LogP contribution >= 0.6 is 0 Å². The van der Waals surface area contributed by atoms with Gasteiger partial charge in [-0.3, -0.25) is 4.79 Å². The number of hydrogen-bond acceptors (Lipinski definition) is 7. The molecule has 2 aromatic rings. The van der Waals surface area contributed by atoms with Crippen molar-refractivity contribution in [2.24, 2.45) is 11.3 Å². The van der Waals surface area contributed by atoms with Gasteiger partial charge in [0.25, 0.3) is 0 Å². The Morgan fingerprint density at radius 2 is 1.67 bits per heavy atom. The molecule has 3 atom stereocenters. The second-order valence-electron chi connectivity index (χ2n) is 14.3. The normalized spacial score (nSPS) is 23.7. The van der Waals surface area contributed by atoms with Gasteiger partial charge in [0.2, 0.25) is 11.8 Å². The molecule has 45 heavy (non-hydrogen) atoms. The van der Waals surface area contributed by atoms with Crippen LogP contribution in [0.2, 0.25) is 0 Å². The molecule has 1 saturated heterocycles. The number of halogens is 5. The van der Waals surface area contributed by atoms with Crippen LogP contribution in [0, 0.1) is 11.3 Å². The Morgan fingerprint density at radius 1 is 1.07 bits per heavy atom. The largest absolute Gasteiger partial charge is 0.444 e. The molecule has 15 heteroatoms. The standard InChI is InChI=1S/C30H40F5N5O5/c1-26(2,3)44-24(42)38-22(18-8-10-29(31,32)11-9-18)19-16-39-21(37-19)12-17(15-36-39)13-28(7)14-20(30(33,34)35)40(23(28)41)25(43)45-27(4,5)6/h12,15-16,18,20,22H,8-11,13-14H2,1-7H3,(H,38,42)/t20-,22-,28?/m0/s1. The van der Waals surface area contributed by atoms with Crippen LogP contribution in [0.25, 0.3) is 5.65 Å². The van der Waals surface area contributed by atoms with Gasteiger partial charge < -0.3 is 14.8 Å². The molecule has 3 amide bonds. The van der Waals surface area contributed by atoms with Crippen molar-refractivity contribution in [3.05, 3.63) is 29.7 Å². The Bertz CT molecular complexity index is 1440. The Morgan fingerprint density at radius 3 is 2.22 bits per heavy atom. The Hall–Kier alpha value is -3.52. The number of aromatic nitrogens is 3. The molecule has 4 rings (SSSR count). The molecule has 10 nitrogen and oxygen atoms in total. The molecule has 1 N–H and O–H groups in total. The second kappa shape index (κ2) is 11.7. The third-order valence-electron chi connectivity index (χ3n) is 7.87. The van der Waals surface area contributed by atoms with Crippen LogP contribution < -0.4 is 5.32 Å². The SMILES string of the molecule is CC(C)(C)OC(=O)N[C@H](c1cn2ncc(CC3(C)C[C@@H](C(F)(F)F)N(C(=O)OC(C)(C)C)C3=O)cc2n1)C1CCC(F)(F)CC1. The molecule has 1 aliphatic carbocycles. The van der Waals surface area contributed by atoms with Crippen LogP contribution in [0.3, 0.4) is 0 Å². The van der Waals surface area contributed by atoms with Gasteiger partial charge in [-0.1, -0.05) is 6.92 Å². The number of nitrogens with zero attached hydrogens (tertiary/aromatic N) is 4. The highest BCUT2D eigenvalue weighted by Crippen LogP contribution is 2.46. The lowest BCUT2D eigenvalue weighted by Crippen LogP contribution is -2.49. The summed E-state index contributed by atoms with van der Waals surface area (Å²) >= 11 is 0. The summed E-state index contributed by atoms with van der Waals surface area (Å²) in [5.74, 6) is -4.17. The van der Waals surface area contributed by atoms with E-state index in [1.807, 2.05) is 0 Å². The highest BCUT2D eigenvalue weighted by atomic mass is 19.4. The fourth-order valence-corrected chi connectivity index (χ4v) is 5.86. The van der Waals surface area contributed by atoms with Crippen molar-refractivity contribution in [1.29, 1.82) is 0 Å². The minimum Gasteiger partial charge on any atom is -0.444 e. The van der Waals surface area contributed by atoms with Crippen molar-refractivity contribution in [1.82, 2.24) is 24.8 Å². The quantitative estimate of drug-likeness (QED) is 0.357. The molecule has 0 aromatic carbocycles. The lowest BCUT2D eigenvalue weighted by atomic mass is 9.81. The van der Waals surface area contributed by atoms with E-state index in [-0.39, 0.29) is 48.6 Å². The number of carbonyl (C=O) groups is 3. The average molecular weight is 646 g/mol. The van der Waals surface area contributed by atoms with E-state index in [0.29, 0.717) is 11.3 Å². The first-order valence-corrected chi connectivity index (χ1v) is 14.8. The molecular weight excluding hydrogens is 605 g/mol. The molecule has 2 aliphatic rings. The van der Waals surface area contributed by atoms with E-state index >= 15 is 0 Å². The van der Waals surface area contributed by atoms with E-state index in [2.05, 4.69) is 15.4 Å². The van der Waals surface area contributed by atoms with Gasteiger partial charge in [-0.15, -0.1) is 0 Å². The minimum atomic E-state index is -4.87. The fraction of sp³-hybridized carbons (Fsp3) is 0.700. The van der Waals surface area contributed by atoms with Crippen molar-refractivity contribution in [2.45, 2.75) is 122 Å². The van der Waals surface area contributed by atoms with Crippen LogP contribution in [0.5, 0.6) is 0 Å². The van der Waals surface area contributed by atoms with Crippen molar-refractivity contribution in [2.75, 3.05) is 0 Å². The van der Waals surface area contributed by atoms with Gasteiger partial charge in [0, 0.05) is 12.8 Å². The highest BCUT2D eigenvalue weighted by Gasteiger charge is 2.61. The van der Waals surface area contributed by atoms with Crippen molar-refractivity contribution in [3.63, 3.8) is 0 Å². The van der Waals surface area contributed by atoms with Gasteiger partial charge >= 0.3 is 18.4 Å². The van der Waals surface area contributed by atoms with Crippen molar-refractivity contribution in [3.8, 4) is 0 Å². The lowest BCUT2D eigenvalue weighted by Gasteiger charge is -2.33. The average Bonchev–Trinajstić information content (AvgIpc) is 3.39. The molecule has 0 spiro atoms. The first-order valence-electron chi connectivity index (χ1n) is 14.8. The summed E-state index contributed by atoms with van der Waals surface area (Å²) in [4.78, 5) is 43.5. The number of ether oxygens (including phenoxy) is 2. The molecule has 1 saturated carbocycles. The molecule has 2 fully saturated rings. The van der Waals surface area contributed by atoms with E-state index in [0.717, 1.165) is 0 Å². The summed E-state index contributed by atoms with van der Waals surface area (Å²) in [6.45, 7) is 10.9. The van der Waals surface area contributed by atoms with E-state index in [4.69, 9.17) is 9.47 Å². The zero-order valence-corrected chi connectivity index (χ0v) is 26.4. The minimum absolute atomic E-state index is 0.134. The maximum atomic E-state index is 14.0. The van der Waals surface area contributed by atoms with Gasteiger partial charge in [0.1, 0.15) is 17.2 Å². The number of carbonyl (C=O) groups excluding carboxylic acids is 3. The summed E-state index contributed by atoms with van der Waals surface area (Å²) in [5.41, 5.74) is -2.53. The molecular formula is C30H40F5N5O5. The van der Waals surface area contributed by atoms with Crippen molar-refractivity contribution < 1.29 is 45.8 Å². The summed E-state index contributed by atoms with van der Waals surface area (Å²) in [5, 5.41) is 7.08. The summed E-state index contributed by atoms with van der Waals surface area (Å²) in [7, 11) is 0. The first kappa shape index (κ1) is 34.4. The van der Waals surface area contributed by atoms with E-state index in [1.54, 1.807) is 33.0 Å². The number of amides is 3. The number of rotatable bonds is 5. The Kier molecular flexibility index (Phi) is 8.92. The van der Waals surface area contributed by atoms with E-state index < -0.39 is 65.3 Å². The number of hydrogen-bond donors (Lipinski definition) is 1. The molecule has 1 aliphatic heterocycles. The molecule has 2 aromatic heterocycles. The molecule has 0 radical (unpaired) electrons. The first-order chi connectivity index (χ1) is 20.5. The number of alkyl halides is 5. The van der Waals surface area contributed by atoms with Gasteiger partial charge in [-0.05, 0) is 84.8 Å². The smallest absolute Gasteiger partial charge is 0.417 e. The number of nitrogens with one attached hydrogen (secondary N) is 1. The maximum Gasteiger partial charge on any atom is 0.417 e. The van der Waals surface area contributed by atoms with E-state index in [1.165, 1.54) is 38.4 Å². The third-order valence-corrected chi connectivity index (χ3v) is 7.87. The molecule has 1 unspecified atom stereocenters. The van der Waals surface area contributed by atoms with Gasteiger partial charge in [-0.2, -0.15) is 18.3 Å². The van der Waals surface area contributed by atoms with Crippen LogP contribution in [-0.4, -0.2) is 66.9 Å². The number of alkyl carbamates (subject to hydrolysis) is 1. The van der Waals surface area contributed by atoms with E-state index in [9.17, 15) is 36.3 Å². The van der Waals surface area contributed by atoms with Gasteiger partial charge in [0.05, 0.1) is 29.5 Å². The van der Waals surface area contributed by atoms with Crippen LogP contribution in [0.1, 0.15) is 97.9 Å². The molecule has 250 valence electrons. The van der Waals surface area contributed by atoms with Gasteiger partial charge in [-0.25, -0.2) is 32.8 Å². The predicted octanol–water partition coefficient (Wildman–Crippen LogP) is 6.77. The summed E-state index contributed by atoms with van der Waals surface area (Å²) < 4.78 is 81.8. The van der Waals surface area contributed by atoms with Gasteiger partial charge in [0.15, 0.2) is 5.65 Å². The maximum absolute atomic E-state index is 14.0. The van der Waals surface area contributed by atoms with Crippen LogP contribution in [0.4, 0.5) is 31.5 Å². The predicted molar refractivity (Wildman–Crippen MR) is 151 cm³/mol. The topological polar surface area (TPSA) is 115 Å². The summed E-state index contributed by atoms with van der Waals surface area (Å²) in [6.07, 6.45) is -5.32. The summed E-state index contributed by atoms with van der Waals surface area (Å²) in [6, 6.07) is -1.58. The monoisotopic (exact) mass is 645 g/mol. The van der Waals surface area contributed by atoms with Crippen LogP contribution in [-0.2, 0) is 20.7 Å². The highest BCUT2D eigenvalue weighted by molar-refractivity contribution is 5.98. The zero-order valence-electron chi connectivity index (χ0n) is 26.4. The zero-order chi connectivity index (χ0) is 33.8. The number of fused-ring (bicyclic) bond motifs is 1. The number of likely N-dealkylation sites (tertiary alicyclic amines) is 1. The Balaban J connectivity index is 1.61. The fourth-order valence-electron chi connectivity index (χ4n) is 5.86. The molecule has 0 bridgehead atoms. The Labute approximate surface area is 258 Å².